The van der Waals surface area contributed by atoms with Crippen LogP contribution in [0, 0.1) is 0 Å². The number of hydrogen-bond donors (Lipinski definition) is 0. The van der Waals surface area contributed by atoms with Gasteiger partial charge in [-0.2, -0.15) is 0 Å². The first-order valence-corrected chi connectivity index (χ1v) is 20.4. The number of rotatable bonds is 7. The molecule has 7 aromatic carbocycles. The van der Waals surface area contributed by atoms with Crippen molar-refractivity contribution in [3.8, 4) is 45.1 Å². The van der Waals surface area contributed by atoms with E-state index >= 15 is 0 Å². The van der Waals surface area contributed by atoms with Crippen LogP contribution in [0.25, 0.3) is 110 Å². The average Bonchev–Trinajstić information content (AvgIpc) is 3.94. The molecule has 0 saturated heterocycles. The molecule has 0 amide bonds. The van der Waals surface area contributed by atoms with E-state index in [9.17, 15) is 0 Å². The third-order valence-electron chi connectivity index (χ3n) is 11.3. The first-order valence-electron chi connectivity index (χ1n) is 19.6. The molecule has 5 heteroatoms. The van der Waals surface area contributed by atoms with E-state index in [0.29, 0.717) is 5.95 Å². The molecule has 0 saturated carbocycles. The molecule has 4 aromatic heterocycles. The summed E-state index contributed by atoms with van der Waals surface area (Å²) in [6.45, 7) is 6.47. The van der Waals surface area contributed by atoms with Crippen molar-refractivity contribution in [2.75, 3.05) is 0 Å². The average molecular weight is 761 g/mol. The van der Waals surface area contributed by atoms with Crippen LogP contribution in [0.2, 0.25) is 0 Å². The zero-order valence-corrected chi connectivity index (χ0v) is 32.6. The zero-order chi connectivity index (χ0) is 38.7. The maximum Gasteiger partial charge on any atom is 0.235 e. The van der Waals surface area contributed by atoms with Crippen LogP contribution in [0.5, 0.6) is 0 Å². The van der Waals surface area contributed by atoms with E-state index in [1.807, 2.05) is 6.08 Å². The number of nitrogens with zero attached hydrogens (tertiary/aromatic N) is 4. The van der Waals surface area contributed by atoms with Crippen molar-refractivity contribution >= 4 is 76.5 Å². The van der Waals surface area contributed by atoms with Crippen molar-refractivity contribution in [3.63, 3.8) is 0 Å². The molecule has 4 nitrogen and oxygen atoms in total. The van der Waals surface area contributed by atoms with Crippen LogP contribution in [0.1, 0.15) is 18.2 Å². The van der Waals surface area contributed by atoms with Gasteiger partial charge in [0.1, 0.15) is 0 Å². The van der Waals surface area contributed by atoms with E-state index < -0.39 is 0 Å². The smallest absolute Gasteiger partial charge is 0.235 e. The predicted octanol–water partition coefficient (Wildman–Crippen LogP) is 14.6. The normalized spacial score (nSPS) is 11.9. The Morgan fingerprint density at radius 2 is 1.16 bits per heavy atom. The first kappa shape index (κ1) is 34.0. The summed E-state index contributed by atoms with van der Waals surface area (Å²) in [4.78, 5) is 10.8. The molecule has 0 radical (unpaired) electrons. The highest BCUT2D eigenvalue weighted by atomic mass is 32.1. The van der Waals surface area contributed by atoms with Gasteiger partial charge in [-0.25, -0.2) is 9.97 Å². The van der Waals surface area contributed by atoms with Crippen LogP contribution in [-0.2, 0) is 0 Å². The molecule has 58 heavy (non-hydrogen) atoms. The predicted molar refractivity (Wildman–Crippen MR) is 247 cm³/mol. The van der Waals surface area contributed by atoms with Gasteiger partial charge in [-0.15, -0.1) is 11.3 Å². The number of para-hydroxylation sites is 1. The van der Waals surface area contributed by atoms with Crippen molar-refractivity contribution in [2.24, 2.45) is 0 Å². The molecule has 0 aliphatic carbocycles. The van der Waals surface area contributed by atoms with E-state index in [2.05, 4.69) is 205 Å². The minimum absolute atomic E-state index is 0.634. The lowest BCUT2D eigenvalue weighted by Gasteiger charge is -2.12. The molecule has 0 aliphatic heterocycles. The van der Waals surface area contributed by atoms with E-state index in [0.717, 1.165) is 65.7 Å². The van der Waals surface area contributed by atoms with Gasteiger partial charge in [-0.3, -0.25) is 4.57 Å². The summed E-state index contributed by atoms with van der Waals surface area (Å²) in [5, 5.41) is 4.62. The van der Waals surface area contributed by atoms with Crippen molar-refractivity contribution < 1.29 is 0 Å². The quantitative estimate of drug-likeness (QED) is 0.162. The van der Waals surface area contributed by atoms with E-state index in [1.165, 1.54) is 37.7 Å². The molecule has 0 unspecified atom stereocenters. The topological polar surface area (TPSA) is 35.6 Å². The Balaban J connectivity index is 1.16. The summed E-state index contributed by atoms with van der Waals surface area (Å²) in [5.41, 5.74) is 14.2. The number of benzene rings is 7. The summed E-state index contributed by atoms with van der Waals surface area (Å²) in [6.07, 6.45) is 6.25. The fourth-order valence-electron chi connectivity index (χ4n) is 8.69. The Labute approximate surface area is 339 Å². The standard InChI is InChI=1S/C53H36N4S/c1-3-16-43-40(4-2)48-46(57(43)53-54-50(37-19-9-6-10-20-37)52-51(55-53)42-24-12-14-26-47(42)58-52)32-31-45-49(48)41-23-11-13-25-44(41)56(45)39-22-15-21-38(33-39)36-29-27-35(28-30-36)34-17-7-5-8-18-34/h3-33H,2H2,1H3/b16-3-. The lowest BCUT2D eigenvalue weighted by Crippen LogP contribution is -2.04. The van der Waals surface area contributed by atoms with Gasteiger partial charge < -0.3 is 4.57 Å². The second-order valence-electron chi connectivity index (χ2n) is 14.6. The Morgan fingerprint density at radius 3 is 1.90 bits per heavy atom. The Kier molecular flexibility index (Phi) is 8.02. The largest absolute Gasteiger partial charge is 0.309 e. The molecule has 0 fully saturated rings. The summed E-state index contributed by atoms with van der Waals surface area (Å²) >= 11 is 1.75. The SMILES string of the molecule is C=Cc1c(/C=C\C)n(-c2nc(-c3ccccc3)c3sc4ccccc4c3n2)c2ccc3c(c4ccccc4n3-c3cccc(-c4ccc(-c5ccccc5)cc4)c3)c12. The highest BCUT2D eigenvalue weighted by Crippen LogP contribution is 2.44. The van der Waals surface area contributed by atoms with Crippen molar-refractivity contribution in [2.45, 2.75) is 6.92 Å². The van der Waals surface area contributed by atoms with Gasteiger partial charge in [0.15, 0.2) is 0 Å². The van der Waals surface area contributed by atoms with Crippen LogP contribution in [0.3, 0.4) is 0 Å². The van der Waals surface area contributed by atoms with Gasteiger partial charge in [-0.05, 0) is 71.7 Å². The maximum absolute atomic E-state index is 5.42. The van der Waals surface area contributed by atoms with Crippen molar-refractivity contribution in [1.82, 2.24) is 19.1 Å². The van der Waals surface area contributed by atoms with E-state index in [-0.39, 0.29) is 0 Å². The number of thiophene rings is 1. The Morgan fingerprint density at radius 1 is 0.534 bits per heavy atom. The van der Waals surface area contributed by atoms with Gasteiger partial charge in [-0.1, -0.05) is 152 Å². The van der Waals surface area contributed by atoms with Crippen LogP contribution < -0.4 is 0 Å². The third-order valence-corrected chi connectivity index (χ3v) is 12.4. The van der Waals surface area contributed by atoms with Crippen LogP contribution in [-0.4, -0.2) is 19.1 Å². The molecule has 0 N–H and O–H groups in total. The van der Waals surface area contributed by atoms with E-state index in [4.69, 9.17) is 9.97 Å². The number of hydrogen-bond acceptors (Lipinski definition) is 3. The summed E-state index contributed by atoms with van der Waals surface area (Å²) in [7, 11) is 0. The molecule has 11 aromatic rings. The van der Waals surface area contributed by atoms with E-state index in [1.54, 1.807) is 11.3 Å². The van der Waals surface area contributed by atoms with Gasteiger partial charge in [0.05, 0.1) is 38.2 Å². The number of aromatic nitrogens is 4. The third kappa shape index (κ3) is 5.28. The lowest BCUT2D eigenvalue weighted by molar-refractivity contribution is 0.975. The Bertz CT molecular complexity index is 3400. The first-order chi connectivity index (χ1) is 28.7. The molecule has 4 heterocycles. The van der Waals surface area contributed by atoms with Crippen LogP contribution in [0.15, 0.2) is 183 Å². The second kappa shape index (κ2) is 13.7. The fraction of sp³-hybridized carbons (Fsp3) is 0.0189. The number of fused-ring (bicyclic) bond motifs is 8. The van der Waals surface area contributed by atoms with Gasteiger partial charge >= 0.3 is 0 Å². The summed E-state index contributed by atoms with van der Waals surface area (Å²) < 4.78 is 6.92. The van der Waals surface area contributed by atoms with Crippen molar-refractivity contribution in [3.05, 3.63) is 194 Å². The molecular formula is C53H36N4S. The zero-order valence-electron chi connectivity index (χ0n) is 31.8. The minimum atomic E-state index is 0.634. The van der Waals surface area contributed by atoms with Gasteiger partial charge in [0.2, 0.25) is 5.95 Å². The number of allylic oxidation sites excluding steroid dienone is 1. The molecule has 0 spiro atoms. The molecule has 274 valence electrons. The molecular weight excluding hydrogens is 725 g/mol. The highest BCUT2D eigenvalue weighted by Gasteiger charge is 2.25. The van der Waals surface area contributed by atoms with Gasteiger partial charge in [0, 0.05) is 43.1 Å². The fourth-order valence-corrected chi connectivity index (χ4v) is 9.84. The minimum Gasteiger partial charge on any atom is -0.309 e. The molecule has 0 aliphatic rings. The molecule has 11 rings (SSSR count). The van der Waals surface area contributed by atoms with Crippen LogP contribution >= 0.6 is 11.3 Å². The monoisotopic (exact) mass is 760 g/mol. The van der Waals surface area contributed by atoms with Crippen LogP contribution in [0.4, 0.5) is 0 Å². The van der Waals surface area contributed by atoms with Gasteiger partial charge in [0.25, 0.3) is 0 Å². The maximum atomic E-state index is 5.42. The van der Waals surface area contributed by atoms with Crippen molar-refractivity contribution in [1.29, 1.82) is 0 Å². The highest BCUT2D eigenvalue weighted by molar-refractivity contribution is 7.26. The lowest BCUT2D eigenvalue weighted by atomic mass is 10.00. The summed E-state index contributed by atoms with van der Waals surface area (Å²) in [6, 6.07) is 60.5. The summed E-state index contributed by atoms with van der Waals surface area (Å²) in [5.74, 6) is 0.634. The second-order valence-corrected chi connectivity index (χ2v) is 15.6. The molecule has 0 atom stereocenters. The molecule has 0 bridgehead atoms. The Hall–Kier alpha value is -7.34.